The Morgan fingerprint density at radius 2 is 2.17 bits per heavy atom. The fraction of sp³-hybridized carbons (Fsp3) is 0.500. The van der Waals surface area contributed by atoms with Crippen LogP contribution < -0.4 is 5.73 Å². The minimum Gasteiger partial charge on any atom is -0.339 e. The Morgan fingerprint density at radius 3 is 2.72 bits per heavy atom. The van der Waals surface area contributed by atoms with Gasteiger partial charge in [0.05, 0.1) is 17.0 Å². The number of thiophene rings is 1. The maximum atomic E-state index is 12.3. The predicted molar refractivity (Wildman–Crippen MR) is 76.7 cm³/mol. The Kier molecular flexibility index (Phi) is 5.90. The maximum Gasteiger partial charge on any atom is 0.254 e. The molecule has 18 heavy (non-hydrogen) atoms. The number of hydrogen-bond acceptors (Lipinski definition) is 3. The van der Waals surface area contributed by atoms with Gasteiger partial charge < -0.3 is 10.6 Å². The van der Waals surface area contributed by atoms with E-state index in [0.29, 0.717) is 12.6 Å². The van der Waals surface area contributed by atoms with Crippen LogP contribution in [0.1, 0.15) is 41.9 Å². The van der Waals surface area contributed by atoms with Gasteiger partial charge in [0.1, 0.15) is 0 Å². The highest BCUT2D eigenvalue weighted by atomic mass is 32.1. The van der Waals surface area contributed by atoms with Crippen molar-refractivity contribution in [2.45, 2.75) is 32.7 Å². The molecule has 0 unspecified atom stereocenters. The molecule has 0 radical (unpaired) electrons. The van der Waals surface area contributed by atoms with Crippen molar-refractivity contribution in [3.63, 3.8) is 0 Å². The highest BCUT2D eigenvalue weighted by molar-refractivity contribution is 7.10. The second kappa shape index (κ2) is 7.20. The van der Waals surface area contributed by atoms with E-state index in [-0.39, 0.29) is 5.91 Å². The minimum absolute atomic E-state index is 0.0701. The zero-order valence-corrected chi connectivity index (χ0v) is 12.0. The van der Waals surface area contributed by atoms with Crippen LogP contribution in [0.15, 0.2) is 11.4 Å². The molecule has 0 bridgehead atoms. The number of carbonyl (C=O) groups is 1. The zero-order valence-electron chi connectivity index (χ0n) is 11.2. The van der Waals surface area contributed by atoms with Crippen molar-refractivity contribution in [1.82, 2.24) is 4.90 Å². The summed E-state index contributed by atoms with van der Waals surface area (Å²) in [5.74, 6) is 5.81. The topological polar surface area (TPSA) is 46.3 Å². The summed E-state index contributed by atoms with van der Waals surface area (Å²) < 4.78 is 0. The van der Waals surface area contributed by atoms with Gasteiger partial charge in [0, 0.05) is 18.5 Å². The molecule has 1 aromatic heterocycles. The quantitative estimate of drug-likeness (QED) is 0.848. The van der Waals surface area contributed by atoms with Gasteiger partial charge in [-0.3, -0.25) is 4.79 Å². The smallest absolute Gasteiger partial charge is 0.254 e. The molecule has 3 nitrogen and oxygen atoms in total. The molecule has 0 spiro atoms. The van der Waals surface area contributed by atoms with E-state index in [0.717, 1.165) is 23.3 Å². The maximum absolute atomic E-state index is 12.3. The van der Waals surface area contributed by atoms with E-state index in [1.807, 2.05) is 23.4 Å². The van der Waals surface area contributed by atoms with Crippen molar-refractivity contribution in [1.29, 1.82) is 0 Å². The molecule has 1 rings (SSSR count). The lowest BCUT2D eigenvalue weighted by atomic mass is 10.1. The highest BCUT2D eigenvalue weighted by Crippen LogP contribution is 2.17. The Labute approximate surface area is 113 Å². The first-order valence-electron chi connectivity index (χ1n) is 6.18. The molecule has 98 valence electrons. The predicted octanol–water partition coefficient (Wildman–Crippen LogP) is 2.32. The Morgan fingerprint density at radius 1 is 1.50 bits per heavy atom. The lowest BCUT2D eigenvalue weighted by Gasteiger charge is -2.25. The van der Waals surface area contributed by atoms with Gasteiger partial charge in [-0.15, -0.1) is 11.3 Å². The molecule has 1 amide bonds. The van der Waals surface area contributed by atoms with Gasteiger partial charge >= 0.3 is 0 Å². The molecule has 0 saturated carbocycles. The lowest BCUT2D eigenvalue weighted by Crippen LogP contribution is -2.36. The van der Waals surface area contributed by atoms with Crippen LogP contribution in [0.2, 0.25) is 0 Å². The summed E-state index contributed by atoms with van der Waals surface area (Å²) in [5, 5.41) is 1.86. The van der Waals surface area contributed by atoms with Gasteiger partial charge in [0.25, 0.3) is 5.91 Å². The van der Waals surface area contributed by atoms with Gasteiger partial charge in [-0.05, 0) is 18.9 Å². The minimum atomic E-state index is 0.0701. The summed E-state index contributed by atoms with van der Waals surface area (Å²) >= 11 is 1.49. The normalized spacial score (nSPS) is 10.1. The van der Waals surface area contributed by atoms with E-state index >= 15 is 0 Å². The molecule has 2 N–H and O–H groups in total. The molecule has 0 atom stereocenters. The molecule has 1 heterocycles. The Bertz CT molecular complexity index is 452. The van der Waals surface area contributed by atoms with Crippen molar-refractivity contribution in [2.24, 2.45) is 5.73 Å². The van der Waals surface area contributed by atoms with Crippen molar-refractivity contribution < 1.29 is 4.79 Å². The number of nitrogens with two attached hydrogens (primary N) is 1. The SMILES string of the molecule is CCC(CC)N(C)C(=O)c1csc(C#CCN)c1. The number of rotatable bonds is 4. The second-order valence-corrected chi connectivity index (χ2v) is 5.00. The van der Waals surface area contributed by atoms with Crippen LogP contribution in [0.3, 0.4) is 0 Å². The molecule has 0 aromatic carbocycles. The fourth-order valence-corrected chi connectivity index (χ4v) is 2.61. The van der Waals surface area contributed by atoms with Crippen molar-refractivity contribution in [3.8, 4) is 11.8 Å². The molecular weight excluding hydrogens is 244 g/mol. The van der Waals surface area contributed by atoms with Crippen molar-refractivity contribution in [3.05, 3.63) is 21.9 Å². The third-order valence-electron chi connectivity index (χ3n) is 2.97. The van der Waals surface area contributed by atoms with Gasteiger partial charge in [0.15, 0.2) is 0 Å². The third kappa shape index (κ3) is 3.59. The van der Waals surface area contributed by atoms with Crippen LogP contribution in [0.4, 0.5) is 0 Å². The van der Waals surface area contributed by atoms with Gasteiger partial charge in [-0.25, -0.2) is 0 Å². The molecule has 4 heteroatoms. The number of amides is 1. The summed E-state index contributed by atoms with van der Waals surface area (Å²) in [4.78, 5) is 15.0. The molecular formula is C14H20N2OS. The summed E-state index contributed by atoms with van der Waals surface area (Å²) in [6.45, 7) is 4.54. The summed E-state index contributed by atoms with van der Waals surface area (Å²) in [5.41, 5.74) is 6.04. The number of hydrogen-bond donors (Lipinski definition) is 1. The van der Waals surface area contributed by atoms with Crippen LogP contribution in [0, 0.1) is 11.8 Å². The van der Waals surface area contributed by atoms with E-state index in [4.69, 9.17) is 5.73 Å². The van der Waals surface area contributed by atoms with Crippen LogP contribution in [-0.2, 0) is 0 Å². The first-order chi connectivity index (χ1) is 8.63. The first kappa shape index (κ1) is 14.7. The van der Waals surface area contributed by atoms with Gasteiger partial charge in [-0.1, -0.05) is 25.7 Å². The summed E-state index contributed by atoms with van der Waals surface area (Å²) in [7, 11) is 1.86. The first-order valence-corrected chi connectivity index (χ1v) is 7.06. The zero-order chi connectivity index (χ0) is 13.5. The molecule has 0 fully saturated rings. The lowest BCUT2D eigenvalue weighted by molar-refractivity contribution is 0.0724. The largest absolute Gasteiger partial charge is 0.339 e. The second-order valence-electron chi connectivity index (χ2n) is 4.09. The standard InChI is InChI=1S/C14H20N2OS/c1-4-12(5-2)16(3)14(17)11-9-13(18-10-11)7-6-8-15/h9-10,12H,4-5,8,15H2,1-3H3. The number of nitrogens with zero attached hydrogens (tertiary/aromatic N) is 1. The van der Waals surface area contributed by atoms with E-state index in [1.54, 1.807) is 0 Å². The average Bonchev–Trinajstić information content (AvgIpc) is 2.85. The van der Waals surface area contributed by atoms with Crippen LogP contribution >= 0.6 is 11.3 Å². The molecule has 0 aliphatic carbocycles. The summed E-state index contributed by atoms with van der Waals surface area (Å²) in [6.07, 6.45) is 1.95. The van der Waals surface area contributed by atoms with Gasteiger partial charge in [0.2, 0.25) is 0 Å². The molecule has 0 aliphatic rings. The van der Waals surface area contributed by atoms with E-state index in [9.17, 15) is 4.79 Å². The number of carbonyl (C=O) groups excluding carboxylic acids is 1. The van der Waals surface area contributed by atoms with E-state index < -0.39 is 0 Å². The highest BCUT2D eigenvalue weighted by Gasteiger charge is 2.19. The van der Waals surface area contributed by atoms with Crippen molar-refractivity contribution in [2.75, 3.05) is 13.6 Å². The third-order valence-corrected chi connectivity index (χ3v) is 3.82. The van der Waals surface area contributed by atoms with E-state index in [2.05, 4.69) is 25.7 Å². The average molecular weight is 264 g/mol. The summed E-state index contributed by atoms with van der Waals surface area (Å²) in [6, 6.07) is 2.14. The van der Waals surface area contributed by atoms with Crippen LogP contribution in [-0.4, -0.2) is 30.4 Å². The Balaban J connectivity index is 2.81. The molecule has 0 aliphatic heterocycles. The monoisotopic (exact) mass is 264 g/mol. The van der Waals surface area contributed by atoms with Crippen molar-refractivity contribution >= 4 is 17.2 Å². The van der Waals surface area contributed by atoms with Crippen LogP contribution in [0.5, 0.6) is 0 Å². The Hall–Kier alpha value is -1.31. The van der Waals surface area contributed by atoms with Crippen LogP contribution in [0.25, 0.3) is 0 Å². The molecule has 0 saturated heterocycles. The fourth-order valence-electron chi connectivity index (χ4n) is 1.86. The molecule has 1 aromatic rings. The van der Waals surface area contributed by atoms with E-state index in [1.165, 1.54) is 11.3 Å². The van der Waals surface area contributed by atoms with Gasteiger partial charge in [-0.2, -0.15) is 0 Å².